The van der Waals surface area contributed by atoms with E-state index in [1.54, 1.807) is 40.1 Å². The molecule has 2 amide bonds. The number of hydrogen-bond acceptors (Lipinski definition) is 4. The lowest BCUT2D eigenvalue weighted by atomic mass is 10.0. The summed E-state index contributed by atoms with van der Waals surface area (Å²) in [5, 5.41) is 0.464. The van der Waals surface area contributed by atoms with Crippen LogP contribution in [0, 0.1) is 6.92 Å². The van der Waals surface area contributed by atoms with Gasteiger partial charge in [-0.3, -0.25) is 14.4 Å². The van der Waals surface area contributed by atoms with Gasteiger partial charge in [0.15, 0.2) is 5.78 Å². The zero-order valence-corrected chi connectivity index (χ0v) is 17.9. The van der Waals surface area contributed by atoms with Crippen molar-refractivity contribution < 1.29 is 19.1 Å². The summed E-state index contributed by atoms with van der Waals surface area (Å²) in [5.74, 6) is 0.196. The highest BCUT2D eigenvalue weighted by Gasteiger charge is 2.26. The average molecular weight is 429 g/mol. The molecule has 3 rings (SSSR count). The summed E-state index contributed by atoms with van der Waals surface area (Å²) in [6.07, 6.45) is 0.351. The van der Waals surface area contributed by atoms with E-state index in [0.717, 1.165) is 5.56 Å². The second-order valence-corrected chi connectivity index (χ2v) is 7.74. The van der Waals surface area contributed by atoms with E-state index >= 15 is 0 Å². The van der Waals surface area contributed by atoms with Crippen LogP contribution in [-0.2, 0) is 4.79 Å². The van der Waals surface area contributed by atoms with Crippen LogP contribution in [0.3, 0.4) is 0 Å². The molecule has 1 fully saturated rings. The Morgan fingerprint density at radius 3 is 2.20 bits per heavy atom. The Morgan fingerprint density at radius 2 is 1.57 bits per heavy atom. The molecule has 2 aromatic carbocycles. The summed E-state index contributed by atoms with van der Waals surface area (Å²) < 4.78 is 5.27. The summed E-state index contributed by atoms with van der Waals surface area (Å²) in [5.41, 5.74) is 2.12. The number of aryl methyl sites for hydroxylation is 1. The Kier molecular flexibility index (Phi) is 7.11. The highest BCUT2D eigenvalue weighted by molar-refractivity contribution is 6.31. The van der Waals surface area contributed by atoms with Crippen molar-refractivity contribution in [3.05, 3.63) is 64.2 Å². The van der Waals surface area contributed by atoms with Gasteiger partial charge < -0.3 is 14.5 Å². The molecule has 0 aliphatic carbocycles. The fourth-order valence-corrected chi connectivity index (χ4v) is 3.61. The number of methoxy groups -OCH3 is 1. The molecular formula is C23H25ClN2O4. The van der Waals surface area contributed by atoms with Gasteiger partial charge in [0.1, 0.15) is 5.75 Å². The Morgan fingerprint density at radius 1 is 0.933 bits per heavy atom. The highest BCUT2D eigenvalue weighted by Crippen LogP contribution is 2.24. The molecule has 7 heteroatoms. The minimum atomic E-state index is -0.170. The molecule has 158 valence electrons. The van der Waals surface area contributed by atoms with Crippen molar-refractivity contribution >= 4 is 29.2 Å². The molecule has 0 spiro atoms. The van der Waals surface area contributed by atoms with Gasteiger partial charge in [-0.15, -0.1) is 0 Å². The van der Waals surface area contributed by atoms with Crippen molar-refractivity contribution in [1.29, 1.82) is 0 Å². The average Bonchev–Trinajstić information content (AvgIpc) is 2.77. The first-order valence-corrected chi connectivity index (χ1v) is 10.3. The minimum absolute atomic E-state index is 0.0368. The van der Waals surface area contributed by atoms with Gasteiger partial charge in [0, 0.05) is 49.6 Å². The van der Waals surface area contributed by atoms with Crippen LogP contribution in [0.5, 0.6) is 5.75 Å². The van der Waals surface area contributed by atoms with Crippen LogP contribution in [0.1, 0.15) is 39.1 Å². The molecule has 6 nitrogen and oxygen atoms in total. The topological polar surface area (TPSA) is 66.9 Å². The van der Waals surface area contributed by atoms with Crippen molar-refractivity contribution in [2.24, 2.45) is 0 Å². The number of carbonyl (C=O) groups is 3. The van der Waals surface area contributed by atoms with Gasteiger partial charge in [-0.25, -0.2) is 0 Å². The van der Waals surface area contributed by atoms with E-state index in [-0.39, 0.29) is 30.4 Å². The molecule has 1 heterocycles. The highest BCUT2D eigenvalue weighted by atomic mass is 35.5. The zero-order valence-electron chi connectivity index (χ0n) is 17.2. The lowest BCUT2D eigenvalue weighted by Crippen LogP contribution is -2.50. The molecule has 1 saturated heterocycles. The van der Waals surface area contributed by atoms with Crippen LogP contribution in [0.25, 0.3) is 0 Å². The van der Waals surface area contributed by atoms with Crippen LogP contribution >= 0.6 is 11.6 Å². The number of benzene rings is 2. The van der Waals surface area contributed by atoms with Crippen LogP contribution < -0.4 is 4.74 Å². The smallest absolute Gasteiger partial charge is 0.257 e. The molecule has 0 saturated carbocycles. The Balaban J connectivity index is 1.52. The first-order chi connectivity index (χ1) is 14.4. The van der Waals surface area contributed by atoms with Crippen LogP contribution in [0.2, 0.25) is 5.02 Å². The first-order valence-electron chi connectivity index (χ1n) is 9.89. The minimum Gasteiger partial charge on any atom is -0.496 e. The monoisotopic (exact) mass is 428 g/mol. The van der Waals surface area contributed by atoms with E-state index in [4.69, 9.17) is 16.3 Å². The van der Waals surface area contributed by atoms with Crippen LogP contribution in [-0.4, -0.2) is 60.7 Å². The van der Waals surface area contributed by atoms with E-state index in [1.165, 1.54) is 7.11 Å². The molecule has 1 aliphatic heterocycles. The lowest BCUT2D eigenvalue weighted by Gasteiger charge is -2.35. The van der Waals surface area contributed by atoms with Gasteiger partial charge in [0.25, 0.3) is 5.91 Å². The molecule has 0 bridgehead atoms. The van der Waals surface area contributed by atoms with E-state index in [1.807, 2.05) is 19.1 Å². The summed E-state index contributed by atoms with van der Waals surface area (Å²) in [6.45, 7) is 3.68. The van der Waals surface area contributed by atoms with Crippen molar-refractivity contribution in [3.8, 4) is 5.75 Å². The molecule has 0 unspecified atom stereocenters. The van der Waals surface area contributed by atoms with Gasteiger partial charge in [-0.1, -0.05) is 41.4 Å². The SMILES string of the molecule is COc1ccc(Cl)cc1C(=O)N1CCN(C(=O)CCC(=O)c2ccc(C)cc2)CC1. The maximum atomic E-state index is 12.8. The number of Topliss-reactive ketones (excluding diaryl/α,β-unsaturated/α-hetero) is 1. The fraction of sp³-hybridized carbons (Fsp3) is 0.348. The number of hydrogen-bond donors (Lipinski definition) is 0. The standard InChI is InChI=1S/C23H25ClN2O4/c1-16-3-5-17(6-4-16)20(27)8-10-22(28)25-11-13-26(14-12-25)23(29)19-15-18(24)7-9-21(19)30-2/h3-7,9,15H,8,10-14H2,1-2H3. The van der Waals surface area contributed by atoms with Crippen molar-refractivity contribution in [2.45, 2.75) is 19.8 Å². The summed E-state index contributed by atoms with van der Waals surface area (Å²) >= 11 is 6.03. The predicted octanol–water partition coefficient (Wildman–Crippen LogP) is 3.60. The van der Waals surface area contributed by atoms with Gasteiger partial charge in [-0.2, -0.15) is 0 Å². The number of nitrogens with zero attached hydrogens (tertiary/aromatic N) is 2. The zero-order chi connectivity index (χ0) is 21.7. The molecule has 1 aliphatic rings. The number of ether oxygens (including phenoxy) is 1. The normalized spacial score (nSPS) is 13.8. The maximum absolute atomic E-state index is 12.8. The molecular weight excluding hydrogens is 404 g/mol. The van der Waals surface area contributed by atoms with Crippen LogP contribution in [0.4, 0.5) is 0 Å². The Bertz CT molecular complexity index is 935. The Hall–Kier alpha value is -2.86. The van der Waals surface area contributed by atoms with E-state index in [9.17, 15) is 14.4 Å². The van der Waals surface area contributed by atoms with Crippen molar-refractivity contribution in [1.82, 2.24) is 9.80 Å². The van der Waals surface area contributed by atoms with Crippen molar-refractivity contribution in [2.75, 3.05) is 33.3 Å². The predicted molar refractivity (Wildman–Crippen MR) is 115 cm³/mol. The number of amides is 2. The van der Waals surface area contributed by atoms with Crippen LogP contribution in [0.15, 0.2) is 42.5 Å². The maximum Gasteiger partial charge on any atom is 0.257 e. The molecule has 0 N–H and O–H groups in total. The Labute approximate surface area is 181 Å². The van der Waals surface area contributed by atoms with Gasteiger partial charge in [-0.05, 0) is 25.1 Å². The summed E-state index contributed by atoms with van der Waals surface area (Å²) in [6, 6.07) is 12.3. The second-order valence-electron chi connectivity index (χ2n) is 7.31. The largest absolute Gasteiger partial charge is 0.496 e. The third kappa shape index (κ3) is 5.19. The molecule has 0 atom stereocenters. The first kappa shape index (κ1) is 21.8. The number of carbonyl (C=O) groups excluding carboxylic acids is 3. The quantitative estimate of drug-likeness (QED) is 0.659. The summed E-state index contributed by atoms with van der Waals surface area (Å²) in [7, 11) is 1.51. The van der Waals surface area contributed by atoms with E-state index < -0.39 is 0 Å². The molecule has 0 aromatic heterocycles. The number of halogens is 1. The van der Waals surface area contributed by atoms with Gasteiger partial charge in [0.2, 0.25) is 5.91 Å². The summed E-state index contributed by atoms with van der Waals surface area (Å²) in [4.78, 5) is 41.0. The van der Waals surface area contributed by atoms with Gasteiger partial charge in [0.05, 0.1) is 12.7 Å². The number of rotatable bonds is 6. The number of ketones is 1. The lowest BCUT2D eigenvalue weighted by molar-refractivity contribution is -0.132. The third-order valence-electron chi connectivity index (χ3n) is 5.25. The fourth-order valence-electron chi connectivity index (χ4n) is 3.44. The molecule has 2 aromatic rings. The van der Waals surface area contributed by atoms with E-state index in [2.05, 4.69) is 0 Å². The third-order valence-corrected chi connectivity index (χ3v) is 5.49. The van der Waals surface area contributed by atoms with Gasteiger partial charge >= 0.3 is 0 Å². The van der Waals surface area contributed by atoms with E-state index in [0.29, 0.717) is 48.1 Å². The molecule has 0 radical (unpaired) electrons. The van der Waals surface area contributed by atoms with Crippen molar-refractivity contribution in [3.63, 3.8) is 0 Å². The second kappa shape index (κ2) is 9.76. The number of piperazine rings is 1. The molecule has 30 heavy (non-hydrogen) atoms.